The van der Waals surface area contributed by atoms with Gasteiger partial charge < -0.3 is 15.2 Å². The van der Waals surface area contributed by atoms with E-state index in [1.54, 1.807) is 24.5 Å². The summed E-state index contributed by atoms with van der Waals surface area (Å²) in [4.78, 5) is 28.1. The third kappa shape index (κ3) is 3.27. The Morgan fingerprint density at radius 2 is 1.67 bits per heavy atom. The van der Waals surface area contributed by atoms with Gasteiger partial charge >= 0.3 is 0 Å². The van der Waals surface area contributed by atoms with Crippen molar-refractivity contribution in [3.8, 4) is 0 Å². The maximum Gasteiger partial charge on any atom is 0.253 e. The Balaban J connectivity index is 1.55. The van der Waals surface area contributed by atoms with Gasteiger partial charge in [-0.15, -0.1) is 0 Å². The fourth-order valence-electron chi connectivity index (χ4n) is 2.58. The van der Waals surface area contributed by atoms with Gasteiger partial charge in [-0.3, -0.25) is 14.6 Å². The predicted molar refractivity (Wildman–Crippen MR) is 91.8 cm³/mol. The topological polar surface area (TPSA) is 76.0 Å². The monoisotopic (exact) mass is 322 g/mol. The Morgan fingerprint density at radius 3 is 2.42 bits per heavy atom. The van der Waals surface area contributed by atoms with Crippen molar-refractivity contribution in [2.45, 2.75) is 0 Å². The molecule has 0 aliphatic carbocycles. The lowest BCUT2D eigenvalue weighted by atomic mass is 10.1. The first-order chi connectivity index (χ1) is 11.7. The van der Waals surface area contributed by atoms with E-state index in [-0.39, 0.29) is 11.8 Å². The zero-order valence-corrected chi connectivity index (χ0v) is 13.3. The van der Waals surface area contributed by atoms with E-state index in [1.807, 2.05) is 42.1 Å². The highest BCUT2D eigenvalue weighted by Gasteiger charge is 2.13. The summed E-state index contributed by atoms with van der Waals surface area (Å²) in [5.74, 6) is -0.332. The van der Waals surface area contributed by atoms with Crippen LogP contribution in [0.3, 0.4) is 0 Å². The minimum absolute atomic E-state index is 0.148. The molecule has 0 aliphatic heterocycles. The first-order valence-electron chi connectivity index (χ1n) is 7.67. The molecule has 2 N–H and O–H groups in total. The van der Waals surface area contributed by atoms with Crippen molar-refractivity contribution in [1.29, 1.82) is 0 Å². The molecule has 6 heteroatoms. The zero-order valence-electron chi connectivity index (χ0n) is 13.3. The number of aromatic nitrogens is 2. The summed E-state index contributed by atoms with van der Waals surface area (Å²) >= 11 is 0. The van der Waals surface area contributed by atoms with Crippen molar-refractivity contribution < 1.29 is 9.59 Å². The number of nitrogens with one attached hydrogen (secondary N) is 2. The van der Waals surface area contributed by atoms with Crippen LogP contribution in [0.25, 0.3) is 10.9 Å². The average molecular weight is 322 g/mol. The normalized spacial score (nSPS) is 10.5. The average Bonchev–Trinajstić information content (AvgIpc) is 2.96. The van der Waals surface area contributed by atoms with E-state index in [4.69, 9.17) is 0 Å². The Bertz CT molecular complexity index is 871. The van der Waals surface area contributed by atoms with Gasteiger partial charge in [-0.05, 0) is 18.2 Å². The van der Waals surface area contributed by atoms with E-state index in [0.29, 0.717) is 24.2 Å². The summed E-state index contributed by atoms with van der Waals surface area (Å²) in [5.41, 5.74) is 2.19. The molecule has 0 radical (unpaired) electrons. The second-order valence-electron chi connectivity index (χ2n) is 5.42. The molecule has 0 saturated heterocycles. The molecular weight excluding hydrogens is 304 g/mol. The van der Waals surface area contributed by atoms with Crippen molar-refractivity contribution in [2.24, 2.45) is 7.05 Å². The number of hydrogen-bond donors (Lipinski definition) is 2. The highest BCUT2D eigenvalue weighted by Crippen LogP contribution is 2.19. The fourth-order valence-corrected chi connectivity index (χ4v) is 2.58. The van der Waals surface area contributed by atoms with E-state index in [0.717, 1.165) is 10.9 Å². The number of benzene rings is 1. The number of fused-ring (bicyclic) bond motifs is 1. The first kappa shape index (κ1) is 15.7. The number of carbonyl (C=O) groups excluding carboxylic acids is 2. The quantitative estimate of drug-likeness (QED) is 0.703. The van der Waals surface area contributed by atoms with Crippen molar-refractivity contribution in [3.05, 3.63) is 66.1 Å². The second kappa shape index (κ2) is 6.95. The molecule has 0 saturated carbocycles. The molecule has 0 bridgehead atoms. The number of nitrogens with zero attached hydrogens (tertiary/aromatic N) is 2. The van der Waals surface area contributed by atoms with Gasteiger partial charge in [-0.1, -0.05) is 18.2 Å². The molecule has 122 valence electrons. The molecule has 2 amide bonds. The Kier molecular flexibility index (Phi) is 4.56. The lowest BCUT2D eigenvalue weighted by molar-refractivity contribution is 0.0928. The summed E-state index contributed by atoms with van der Waals surface area (Å²) in [6.45, 7) is 0.719. The molecule has 3 aromatic rings. The molecule has 0 aliphatic rings. The van der Waals surface area contributed by atoms with Crippen LogP contribution in [0.4, 0.5) is 0 Å². The van der Waals surface area contributed by atoms with E-state index in [1.165, 1.54) is 0 Å². The van der Waals surface area contributed by atoms with E-state index in [9.17, 15) is 9.59 Å². The van der Waals surface area contributed by atoms with Crippen molar-refractivity contribution in [2.75, 3.05) is 13.1 Å². The Morgan fingerprint density at radius 1 is 1.00 bits per heavy atom. The van der Waals surface area contributed by atoms with E-state index in [2.05, 4.69) is 15.6 Å². The maximum atomic E-state index is 12.3. The van der Waals surface area contributed by atoms with Crippen molar-refractivity contribution >= 4 is 22.7 Å². The standard InChI is InChI=1S/C18H18N4O2/c1-22-12-15(14-4-2-3-5-16(14)22)18(24)21-11-10-20-17(23)13-6-8-19-9-7-13/h2-9,12H,10-11H2,1H3,(H,20,23)(H,21,24). The molecular formula is C18H18N4O2. The van der Waals surface area contributed by atoms with Crippen LogP contribution < -0.4 is 10.6 Å². The van der Waals surface area contributed by atoms with Crippen LogP contribution in [0.2, 0.25) is 0 Å². The molecule has 2 heterocycles. The summed E-state index contributed by atoms with van der Waals surface area (Å²) in [6.07, 6.45) is 4.95. The molecule has 24 heavy (non-hydrogen) atoms. The minimum Gasteiger partial charge on any atom is -0.350 e. The smallest absolute Gasteiger partial charge is 0.253 e. The summed E-state index contributed by atoms with van der Waals surface area (Å²) in [6, 6.07) is 11.0. The molecule has 0 fully saturated rings. The summed E-state index contributed by atoms with van der Waals surface area (Å²) in [5, 5.41) is 6.51. The number of rotatable bonds is 5. The van der Waals surface area contributed by atoms with Gasteiger partial charge in [0.15, 0.2) is 0 Å². The number of para-hydroxylation sites is 1. The largest absolute Gasteiger partial charge is 0.350 e. The van der Waals surface area contributed by atoms with Crippen LogP contribution >= 0.6 is 0 Å². The van der Waals surface area contributed by atoms with Gasteiger partial charge in [0.1, 0.15) is 0 Å². The summed E-state index contributed by atoms with van der Waals surface area (Å²) in [7, 11) is 1.91. The fraction of sp³-hybridized carbons (Fsp3) is 0.167. The molecule has 6 nitrogen and oxygen atoms in total. The van der Waals surface area contributed by atoms with Crippen LogP contribution in [-0.4, -0.2) is 34.5 Å². The number of aryl methyl sites for hydroxylation is 1. The van der Waals surface area contributed by atoms with Crippen LogP contribution in [0, 0.1) is 0 Å². The van der Waals surface area contributed by atoms with Crippen LogP contribution in [-0.2, 0) is 7.05 Å². The molecule has 0 spiro atoms. The Hall–Kier alpha value is -3.15. The number of hydrogen-bond acceptors (Lipinski definition) is 3. The molecule has 1 aromatic carbocycles. The predicted octanol–water partition coefficient (Wildman–Crippen LogP) is 1.73. The van der Waals surface area contributed by atoms with Crippen molar-refractivity contribution in [3.63, 3.8) is 0 Å². The third-order valence-electron chi connectivity index (χ3n) is 3.78. The van der Waals surface area contributed by atoms with Gasteiger partial charge in [-0.25, -0.2) is 0 Å². The molecule has 0 atom stereocenters. The van der Waals surface area contributed by atoms with Crippen LogP contribution in [0.5, 0.6) is 0 Å². The highest BCUT2D eigenvalue weighted by atomic mass is 16.2. The lowest BCUT2D eigenvalue weighted by Crippen LogP contribution is -2.34. The lowest BCUT2D eigenvalue weighted by Gasteiger charge is -2.06. The highest BCUT2D eigenvalue weighted by molar-refractivity contribution is 6.07. The minimum atomic E-state index is -0.184. The number of carbonyl (C=O) groups is 2. The van der Waals surface area contributed by atoms with Crippen LogP contribution in [0.15, 0.2) is 55.0 Å². The van der Waals surface area contributed by atoms with Gasteiger partial charge in [-0.2, -0.15) is 0 Å². The third-order valence-corrected chi connectivity index (χ3v) is 3.78. The second-order valence-corrected chi connectivity index (χ2v) is 5.42. The van der Waals surface area contributed by atoms with Gasteiger partial charge in [0.05, 0.1) is 5.56 Å². The Labute approximate surface area is 139 Å². The maximum absolute atomic E-state index is 12.3. The number of amides is 2. The van der Waals surface area contributed by atoms with Crippen molar-refractivity contribution in [1.82, 2.24) is 20.2 Å². The van der Waals surface area contributed by atoms with Gasteiger partial charge in [0.2, 0.25) is 0 Å². The summed E-state index contributed by atoms with van der Waals surface area (Å²) < 4.78 is 1.93. The molecule has 3 rings (SSSR count). The number of pyridine rings is 1. The van der Waals surface area contributed by atoms with Crippen LogP contribution in [0.1, 0.15) is 20.7 Å². The van der Waals surface area contributed by atoms with E-state index >= 15 is 0 Å². The molecule has 0 unspecified atom stereocenters. The van der Waals surface area contributed by atoms with E-state index < -0.39 is 0 Å². The molecule has 2 aromatic heterocycles. The van der Waals surface area contributed by atoms with Gasteiger partial charge in [0, 0.05) is 55.2 Å². The zero-order chi connectivity index (χ0) is 16.9. The van der Waals surface area contributed by atoms with Gasteiger partial charge in [0.25, 0.3) is 11.8 Å². The SMILES string of the molecule is Cn1cc(C(=O)NCCNC(=O)c2ccncc2)c2ccccc21. The first-order valence-corrected chi connectivity index (χ1v) is 7.67.